The molecule has 0 saturated heterocycles. The van der Waals surface area contributed by atoms with Gasteiger partial charge in [0.2, 0.25) is 10.0 Å². The van der Waals surface area contributed by atoms with Gasteiger partial charge >= 0.3 is 0 Å². The SMILES string of the molecule is COc1ccc(S(=O)(=O)NCC2=CCCCC2)cc1OC. The van der Waals surface area contributed by atoms with Crippen LogP contribution in [0.2, 0.25) is 0 Å². The number of ether oxygens (including phenoxy) is 2. The summed E-state index contributed by atoms with van der Waals surface area (Å²) in [4.78, 5) is 0.177. The van der Waals surface area contributed by atoms with E-state index in [1.165, 1.54) is 32.8 Å². The molecule has 1 aliphatic rings. The smallest absolute Gasteiger partial charge is 0.240 e. The van der Waals surface area contributed by atoms with Gasteiger partial charge in [0.15, 0.2) is 11.5 Å². The van der Waals surface area contributed by atoms with Crippen molar-refractivity contribution < 1.29 is 17.9 Å². The van der Waals surface area contributed by atoms with Crippen molar-refractivity contribution in [2.24, 2.45) is 0 Å². The molecule has 6 heteroatoms. The molecule has 116 valence electrons. The average Bonchev–Trinajstić information content (AvgIpc) is 2.53. The Morgan fingerprint density at radius 2 is 1.90 bits per heavy atom. The van der Waals surface area contributed by atoms with Crippen LogP contribution in [0.25, 0.3) is 0 Å². The third-order valence-electron chi connectivity index (χ3n) is 3.54. The molecule has 1 aliphatic carbocycles. The van der Waals surface area contributed by atoms with Crippen LogP contribution in [0.5, 0.6) is 11.5 Å². The van der Waals surface area contributed by atoms with Gasteiger partial charge < -0.3 is 9.47 Å². The van der Waals surface area contributed by atoms with Crippen molar-refractivity contribution in [2.45, 2.75) is 30.6 Å². The molecule has 0 aliphatic heterocycles. The number of methoxy groups -OCH3 is 2. The molecule has 0 saturated carbocycles. The topological polar surface area (TPSA) is 64.6 Å². The molecule has 0 fully saturated rings. The van der Waals surface area contributed by atoms with Crippen molar-refractivity contribution in [3.63, 3.8) is 0 Å². The van der Waals surface area contributed by atoms with Crippen LogP contribution in [0.1, 0.15) is 25.7 Å². The first-order valence-corrected chi connectivity index (χ1v) is 8.45. The van der Waals surface area contributed by atoms with E-state index < -0.39 is 10.0 Å². The third-order valence-corrected chi connectivity index (χ3v) is 4.94. The largest absolute Gasteiger partial charge is 0.493 e. The molecule has 0 amide bonds. The highest BCUT2D eigenvalue weighted by atomic mass is 32.2. The van der Waals surface area contributed by atoms with E-state index in [9.17, 15) is 8.42 Å². The van der Waals surface area contributed by atoms with E-state index in [2.05, 4.69) is 10.8 Å². The quantitative estimate of drug-likeness (QED) is 0.820. The molecule has 2 rings (SSSR count). The van der Waals surface area contributed by atoms with Crippen molar-refractivity contribution in [1.29, 1.82) is 0 Å². The second-order valence-electron chi connectivity index (χ2n) is 4.95. The van der Waals surface area contributed by atoms with Gasteiger partial charge in [-0.1, -0.05) is 11.6 Å². The Bertz CT molecular complexity index is 623. The van der Waals surface area contributed by atoms with Gasteiger partial charge in [-0.05, 0) is 37.8 Å². The van der Waals surface area contributed by atoms with Gasteiger partial charge in [-0.15, -0.1) is 0 Å². The Labute approximate surface area is 126 Å². The standard InChI is InChI=1S/C15H21NO4S/c1-19-14-9-8-13(10-15(14)20-2)21(17,18)16-11-12-6-4-3-5-7-12/h6,8-10,16H,3-5,7,11H2,1-2H3. The number of sulfonamides is 1. The van der Waals surface area contributed by atoms with E-state index >= 15 is 0 Å². The number of nitrogens with one attached hydrogen (secondary N) is 1. The first-order valence-electron chi connectivity index (χ1n) is 6.96. The summed E-state index contributed by atoms with van der Waals surface area (Å²) >= 11 is 0. The maximum Gasteiger partial charge on any atom is 0.240 e. The van der Waals surface area contributed by atoms with E-state index in [4.69, 9.17) is 9.47 Å². The van der Waals surface area contributed by atoms with Crippen molar-refractivity contribution >= 4 is 10.0 Å². The van der Waals surface area contributed by atoms with Crippen LogP contribution in [0.3, 0.4) is 0 Å². The lowest BCUT2D eigenvalue weighted by Crippen LogP contribution is -2.26. The molecule has 21 heavy (non-hydrogen) atoms. The summed E-state index contributed by atoms with van der Waals surface area (Å²) in [6.45, 7) is 0.372. The summed E-state index contributed by atoms with van der Waals surface area (Å²) in [5.74, 6) is 0.906. The van der Waals surface area contributed by atoms with E-state index in [0.29, 0.717) is 18.0 Å². The first-order chi connectivity index (χ1) is 10.1. The molecule has 0 spiro atoms. The number of rotatable bonds is 6. The van der Waals surface area contributed by atoms with Gasteiger partial charge in [-0.25, -0.2) is 13.1 Å². The summed E-state index contributed by atoms with van der Waals surface area (Å²) in [5.41, 5.74) is 1.16. The van der Waals surface area contributed by atoms with Crippen LogP contribution in [-0.4, -0.2) is 29.2 Å². The molecule has 0 atom stereocenters. The Hall–Kier alpha value is -1.53. The minimum atomic E-state index is -3.54. The van der Waals surface area contributed by atoms with Gasteiger partial charge in [0.05, 0.1) is 19.1 Å². The molecular weight excluding hydrogens is 290 g/mol. The summed E-state index contributed by atoms with van der Waals surface area (Å²) in [6, 6.07) is 4.57. The molecule has 0 bridgehead atoms. The highest BCUT2D eigenvalue weighted by Gasteiger charge is 2.17. The van der Waals surface area contributed by atoms with Gasteiger partial charge in [0.1, 0.15) is 0 Å². The zero-order chi connectivity index (χ0) is 15.3. The van der Waals surface area contributed by atoms with E-state index in [-0.39, 0.29) is 4.90 Å². The first kappa shape index (κ1) is 15.9. The highest BCUT2D eigenvalue weighted by molar-refractivity contribution is 7.89. The zero-order valence-corrected chi connectivity index (χ0v) is 13.2. The molecule has 0 heterocycles. The predicted octanol–water partition coefficient (Wildman–Crippen LogP) is 2.48. The second kappa shape index (κ2) is 6.95. The maximum absolute atomic E-state index is 12.3. The van der Waals surface area contributed by atoms with Gasteiger partial charge in [-0.2, -0.15) is 0 Å². The van der Waals surface area contributed by atoms with Gasteiger partial charge in [0, 0.05) is 12.6 Å². The van der Waals surface area contributed by atoms with Crippen molar-refractivity contribution in [3.05, 3.63) is 29.8 Å². The van der Waals surface area contributed by atoms with Crippen LogP contribution in [0.15, 0.2) is 34.7 Å². The zero-order valence-electron chi connectivity index (χ0n) is 12.4. The molecular formula is C15H21NO4S. The molecule has 0 aromatic heterocycles. The molecule has 0 unspecified atom stereocenters. The predicted molar refractivity (Wildman–Crippen MR) is 81.3 cm³/mol. The summed E-state index contributed by atoms with van der Waals surface area (Å²) < 4.78 is 37.5. The van der Waals surface area contributed by atoms with Gasteiger partial charge in [0.25, 0.3) is 0 Å². The van der Waals surface area contributed by atoms with Crippen molar-refractivity contribution in [2.75, 3.05) is 20.8 Å². The van der Waals surface area contributed by atoms with E-state index in [1.807, 2.05) is 0 Å². The number of hydrogen-bond acceptors (Lipinski definition) is 4. The lowest BCUT2D eigenvalue weighted by atomic mass is 10.0. The minimum Gasteiger partial charge on any atom is -0.493 e. The average molecular weight is 311 g/mol. The Kier molecular flexibility index (Phi) is 5.25. The summed E-state index contributed by atoms with van der Waals surface area (Å²) in [7, 11) is -0.549. The summed E-state index contributed by atoms with van der Waals surface area (Å²) in [6.07, 6.45) is 6.44. The van der Waals surface area contributed by atoms with Crippen LogP contribution in [0, 0.1) is 0 Å². The number of benzene rings is 1. The fraction of sp³-hybridized carbons (Fsp3) is 0.467. The maximum atomic E-state index is 12.3. The monoisotopic (exact) mass is 311 g/mol. The van der Waals surface area contributed by atoms with Crippen LogP contribution >= 0.6 is 0 Å². The minimum absolute atomic E-state index is 0.177. The van der Waals surface area contributed by atoms with Crippen molar-refractivity contribution in [1.82, 2.24) is 4.72 Å². The van der Waals surface area contributed by atoms with Crippen LogP contribution in [0.4, 0.5) is 0 Å². The van der Waals surface area contributed by atoms with Crippen LogP contribution < -0.4 is 14.2 Å². The van der Waals surface area contributed by atoms with Crippen LogP contribution in [-0.2, 0) is 10.0 Å². The van der Waals surface area contributed by atoms with Gasteiger partial charge in [-0.3, -0.25) is 0 Å². The number of allylic oxidation sites excluding steroid dienone is 1. The lowest BCUT2D eigenvalue weighted by molar-refractivity contribution is 0.354. The molecule has 1 aromatic carbocycles. The highest BCUT2D eigenvalue weighted by Crippen LogP contribution is 2.29. The summed E-state index contributed by atoms with van der Waals surface area (Å²) in [5, 5.41) is 0. The van der Waals surface area contributed by atoms with E-state index in [1.54, 1.807) is 6.07 Å². The Morgan fingerprint density at radius 3 is 2.52 bits per heavy atom. The van der Waals surface area contributed by atoms with E-state index in [0.717, 1.165) is 24.8 Å². The molecule has 1 aromatic rings. The fourth-order valence-electron chi connectivity index (χ4n) is 2.32. The second-order valence-corrected chi connectivity index (χ2v) is 6.72. The Morgan fingerprint density at radius 1 is 1.14 bits per heavy atom. The Balaban J connectivity index is 2.13. The fourth-order valence-corrected chi connectivity index (χ4v) is 3.37. The van der Waals surface area contributed by atoms with Crippen molar-refractivity contribution in [3.8, 4) is 11.5 Å². The lowest BCUT2D eigenvalue weighted by Gasteiger charge is -2.14. The molecule has 1 N–H and O–H groups in total. The molecule has 0 radical (unpaired) electrons. The number of hydrogen-bond donors (Lipinski definition) is 1. The normalized spacial score (nSPS) is 15.4. The third kappa shape index (κ3) is 3.98. The molecule has 5 nitrogen and oxygen atoms in total.